The molecular formula is C22H33N5O2. The predicted molar refractivity (Wildman–Crippen MR) is 115 cm³/mol. The molecule has 7 heteroatoms. The minimum atomic E-state index is 0.295. The average molecular weight is 400 g/mol. The number of hydrogen-bond donors (Lipinski definition) is 2. The van der Waals surface area contributed by atoms with Gasteiger partial charge < -0.3 is 20.1 Å². The Morgan fingerprint density at radius 2 is 2.17 bits per heavy atom. The van der Waals surface area contributed by atoms with Gasteiger partial charge in [0.25, 0.3) is 0 Å². The van der Waals surface area contributed by atoms with E-state index in [1.807, 2.05) is 16.9 Å². The summed E-state index contributed by atoms with van der Waals surface area (Å²) in [5, 5.41) is 11.0. The summed E-state index contributed by atoms with van der Waals surface area (Å²) in [7, 11) is 0. The van der Waals surface area contributed by atoms with Gasteiger partial charge >= 0.3 is 0 Å². The van der Waals surface area contributed by atoms with Crippen LogP contribution in [0.2, 0.25) is 0 Å². The van der Waals surface area contributed by atoms with E-state index in [0.717, 1.165) is 58.1 Å². The quantitative estimate of drug-likeness (QED) is 0.345. The first kappa shape index (κ1) is 21.3. The van der Waals surface area contributed by atoms with E-state index >= 15 is 0 Å². The van der Waals surface area contributed by atoms with Crippen LogP contribution in [0, 0.1) is 0 Å². The summed E-state index contributed by atoms with van der Waals surface area (Å²) < 4.78 is 13.2. The number of nitrogens with zero attached hydrogens (tertiary/aromatic N) is 3. The molecule has 1 fully saturated rings. The van der Waals surface area contributed by atoms with Gasteiger partial charge in [0, 0.05) is 38.7 Å². The number of hydrogen-bond acceptors (Lipinski definition) is 4. The summed E-state index contributed by atoms with van der Waals surface area (Å²) >= 11 is 0. The Balaban J connectivity index is 1.43. The van der Waals surface area contributed by atoms with Gasteiger partial charge in [0.2, 0.25) is 0 Å². The monoisotopic (exact) mass is 399 g/mol. The highest BCUT2D eigenvalue weighted by Crippen LogP contribution is 2.12. The third-order valence-electron chi connectivity index (χ3n) is 4.85. The van der Waals surface area contributed by atoms with Crippen LogP contribution in [0.1, 0.15) is 37.3 Å². The van der Waals surface area contributed by atoms with Crippen LogP contribution in [0.4, 0.5) is 0 Å². The van der Waals surface area contributed by atoms with Crippen molar-refractivity contribution in [1.29, 1.82) is 0 Å². The van der Waals surface area contributed by atoms with Gasteiger partial charge in [0.15, 0.2) is 5.96 Å². The van der Waals surface area contributed by atoms with Crippen LogP contribution in [-0.4, -0.2) is 54.8 Å². The lowest BCUT2D eigenvalue weighted by Gasteiger charge is -2.13. The van der Waals surface area contributed by atoms with Gasteiger partial charge in [-0.3, -0.25) is 4.68 Å². The Morgan fingerprint density at radius 1 is 1.28 bits per heavy atom. The molecule has 0 amide bonds. The summed E-state index contributed by atoms with van der Waals surface area (Å²) in [6.45, 7) is 7.44. The highest BCUT2D eigenvalue weighted by Gasteiger charge is 2.14. The fraction of sp³-hybridized carbons (Fsp3) is 0.545. The van der Waals surface area contributed by atoms with Crippen molar-refractivity contribution in [3.8, 4) is 0 Å². The zero-order chi connectivity index (χ0) is 20.2. The van der Waals surface area contributed by atoms with E-state index in [0.29, 0.717) is 19.3 Å². The van der Waals surface area contributed by atoms with Crippen LogP contribution in [0.15, 0.2) is 47.7 Å². The molecule has 0 radical (unpaired) electrons. The molecule has 1 aromatic heterocycles. The Bertz CT molecular complexity index is 727. The molecule has 0 saturated carbocycles. The van der Waals surface area contributed by atoms with Gasteiger partial charge in [0.1, 0.15) is 0 Å². The van der Waals surface area contributed by atoms with Crippen LogP contribution >= 0.6 is 0 Å². The highest BCUT2D eigenvalue weighted by molar-refractivity contribution is 5.79. The van der Waals surface area contributed by atoms with Crippen LogP contribution in [0.25, 0.3) is 0 Å². The van der Waals surface area contributed by atoms with Crippen molar-refractivity contribution < 1.29 is 9.47 Å². The molecule has 1 atom stereocenters. The SMILES string of the molecule is CCNC(=NCc1ccccc1Cn1cccn1)NCCCOCC1CCCO1. The number of benzene rings is 1. The minimum Gasteiger partial charge on any atom is -0.379 e. The van der Waals surface area contributed by atoms with Crippen molar-refractivity contribution in [1.82, 2.24) is 20.4 Å². The molecule has 2 N–H and O–H groups in total. The third-order valence-corrected chi connectivity index (χ3v) is 4.85. The Labute approximate surface area is 173 Å². The second kappa shape index (κ2) is 12.2. The zero-order valence-electron chi connectivity index (χ0n) is 17.3. The largest absolute Gasteiger partial charge is 0.379 e. The van der Waals surface area contributed by atoms with E-state index < -0.39 is 0 Å². The van der Waals surface area contributed by atoms with Crippen molar-refractivity contribution in [2.75, 3.05) is 32.9 Å². The number of aromatic nitrogens is 2. The molecule has 7 nitrogen and oxygen atoms in total. The second-order valence-electron chi connectivity index (χ2n) is 7.16. The van der Waals surface area contributed by atoms with Crippen LogP contribution in [-0.2, 0) is 22.6 Å². The number of ether oxygens (including phenoxy) is 2. The molecular weight excluding hydrogens is 366 g/mol. The van der Waals surface area contributed by atoms with E-state index in [1.165, 1.54) is 11.1 Å². The normalized spacial score (nSPS) is 16.9. The topological polar surface area (TPSA) is 72.7 Å². The molecule has 0 bridgehead atoms. The Kier molecular flexibility index (Phi) is 9.00. The van der Waals surface area contributed by atoms with Crippen LogP contribution in [0.5, 0.6) is 0 Å². The van der Waals surface area contributed by atoms with Crippen molar-refractivity contribution in [3.05, 3.63) is 53.9 Å². The van der Waals surface area contributed by atoms with E-state index in [-0.39, 0.29) is 0 Å². The molecule has 1 aliphatic rings. The van der Waals surface area contributed by atoms with Crippen molar-refractivity contribution in [2.24, 2.45) is 4.99 Å². The maximum absolute atomic E-state index is 5.72. The predicted octanol–water partition coefficient (Wildman–Crippen LogP) is 2.57. The van der Waals surface area contributed by atoms with Crippen LogP contribution in [0.3, 0.4) is 0 Å². The zero-order valence-corrected chi connectivity index (χ0v) is 17.3. The Hall–Kier alpha value is -2.38. The lowest BCUT2D eigenvalue weighted by atomic mass is 10.1. The average Bonchev–Trinajstić information content (AvgIpc) is 3.44. The summed E-state index contributed by atoms with van der Waals surface area (Å²) in [5.74, 6) is 0.834. The third kappa shape index (κ3) is 7.51. The number of aliphatic imine (C=N–C) groups is 1. The van der Waals surface area contributed by atoms with Gasteiger partial charge in [-0.15, -0.1) is 0 Å². The van der Waals surface area contributed by atoms with Crippen LogP contribution < -0.4 is 10.6 Å². The summed E-state index contributed by atoms with van der Waals surface area (Å²) in [6.07, 6.45) is 7.29. The smallest absolute Gasteiger partial charge is 0.191 e. The Morgan fingerprint density at radius 3 is 2.93 bits per heavy atom. The molecule has 2 aromatic rings. The molecule has 1 unspecified atom stereocenters. The van der Waals surface area contributed by atoms with E-state index in [4.69, 9.17) is 14.5 Å². The standard InChI is InChI=1S/C22H33N5O2/c1-2-23-22(24-11-7-14-28-18-21-10-5-15-29-21)25-16-19-8-3-4-9-20(19)17-27-13-6-12-26-27/h3-4,6,8-9,12-13,21H,2,5,7,10-11,14-18H2,1H3,(H2,23,24,25). The first-order valence-electron chi connectivity index (χ1n) is 10.6. The van der Waals surface area contributed by atoms with Gasteiger partial charge in [-0.2, -0.15) is 5.10 Å². The first-order valence-corrected chi connectivity index (χ1v) is 10.6. The van der Waals surface area contributed by atoms with E-state index in [9.17, 15) is 0 Å². The second-order valence-corrected chi connectivity index (χ2v) is 7.16. The van der Waals surface area contributed by atoms with E-state index in [2.05, 4.69) is 46.9 Å². The van der Waals surface area contributed by atoms with E-state index in [1.54, 1.807) is 6.20 Å². The molecule has 158 valence electrons. The van der Waals surface area contributed by atoms with Crippen molar-refractivity contribution in [2.45, 2.75) is 45.4 Å². The molecule has 3 rings (SSSR count). The lowest BCUT2D eigenvalue weighted by molar-refractivity contribution is 0.0168. The van der Waals surface area contributed by atoms with Gasteiger partial charge in [0.05, 0.1) is 25.8 Å². The fourth-order valence-corrected chi connectivity index (χ4v) is 3.31. The number of rotatable bonds is 11. The van der Waals surface area contributed by atoms with Crippen molar-refractivity contribution in [3.63, 3.8) is 0 Å². The van der Waals surface area contributed by atoms with Gasteiger partial charge in [-0.25, -0.2) is 4.99 Å². The molecule has 1 saturated heterocycles. The minimum absolute atomic E-state index is 0.295. The highest BCUT2D eigenvalue weighted by atomic mass is 16.5. The summed E-state index contributed by atoms with van der Waals surface area (Å²) in [4.78, 5) is 4.76. The number of nitrogens with one attached hydrogen (secondary N) is 2. The summed E-state index contributed by atoms with van der Waals surface area (Å²) in [6, 6.07) is 10.3. The lowest BCUT2D eigenvalue weighted by Crippen LogP contribution is -2.38. The molecule has 29 heavy (non-hydrogen) atoms. The summed E-state index contributed by atoms with van der Waals surface area (Å²) in [5.41, 5.74) is 2.44. The first-order chi connectivity index (χ1) is 14.3. The maximum Gasteiger partial charge on any atom is 0.191 e. The van der Waals surface area contributed by atoms with Crippen molar-refractivity contribution >= 4 is 5.96 Å². The van der Waals surface area contributed by atoms with Gasteiger partial charge in [-0.05, 0) is 43.4 Å². The molecule has 0 aliphatic carbocycles. The molecule has 2 heterocycles. The maximum atomic E-state index is 5.72. The molecule has 1 aliphatic heterocycles. The molecule has 0 spiro atoms. The van der Waals surface area contributed by atoms with Gasteiger partial charge in [-0.1, -0.05) is 24.3 Å². The molecule has 1 aromatic carbocycles. The fourth-order valence-electron chi connectivity index (χ4n) is 3.31. The number of guanidine groups is 1.